The summed E-state index contributed by atoms with van der Waals surface area (Å²) in [5.74, 6) is -0.537. The average Bonchev–Trinajstić information content (AvgIpc) is 2.81. The third kappa shape index (κ3) is 13.6. The van der Waals surface area contributed by atoms with Gasteiger partial charge in [0, 0.05) is 32.1 Å². The van der Waals surface area contributed by atoms with Gasteiger partial charge in [-0.3, -0.25) is 24.1 Å². The molecule has 0 heterocycles. The molecule has 0 aromatic rings. The maximum atomic E-state index is 13.1. The van der Waals surface area contributed by atoms with Gasteiger partial charge in [-0.1, -0.05) is 47.5 Å². The van der Waals surface area contributed by atoms with Gasteiger partial charge in [-0.2, -0.15) is 0 Å². The summed E-state index contributed by atoms with van der Waals surface area (Å²) < 4.78 is 5.46. The molecule has 2 N–H and O–H groups in total. The summed E-state index contributed by atoms with van der Waals surface area (Å²) in [6.07, 6.45) is 4.64. The van der Waals surface area contributed by atoms with Crippen LogP contribution >= 0.6 is 0 Å². The zero-order valence-corrected chi connectivity index (χ0v) is 25.2. The lowest BCUT2D eigenvalue weighted by molar-refractivity contribution is -0.155. The fourth-order valence-electron chi connectivity index (χ4n) is 4.69. The highest BCUT2D eigenvalue weighted by atomic mass is 16.5. The molecule has 0 aliphatic carbocycles. The topological polar surface area (TPSA) is 122 Å². The molecule has 5 atom stereocenters. The van der Waals surface area contributed by atoms with Crippen LogP contribution in [0.1, 0.15) is 92.9 Å². The highest BCUT2D eigenvalue weighted by Gasteiger charge is 2.36. The van der Waals surface area contributed by atoms with E-state index in [0.29, 0.717) is 38.0 Å². The molecule has 0 radical (unpaired) electrons. The molecule has 0 aromatic heterocycles. The molecule has 220 valence electrons. The first-order valence-corrected chi connectivity index (χ1v) is 14.1. The zero-order chi connectivity index (χ0) is 29.4. The van der Waals surface area contributed by atoms with Gasteiger partial charge in [-0.15, -0.1) is 0 Å². The highest BCUT2D eigenvalue weighted by Crippen LogP contribution is 2.21. The first kappa shape index (κ1) is 35.9. The second kappa shape index (κ2) is 19.0. The minimum atomic E-state index is -0.691. The molecule has 0 aromatic carbocycles. The number of ether oxygens (including phenoxy) is 1. The summed E-state index contributed by atoms with van der Waals surface area (Å²) >= 11 is 0. The van der Waals surface area contributed by atoms with Crippen LogP contribution in [0.25, 0.3) is 0 Å². The van der Waals surface area contributed by atoms with Crippen molar-refractivity contribution in [2.24, 2.45) is 17.8 Å². The van der Waals surface area contributed by atoms with Crippen LogP contribution in [-0.4, -0.2) is 80.0 Å². The number of unbranched alkanes of at least 4 members (excludes halogenated alkanes) is 3. The smallest absolute Gasteiger partial charge is 0.302 e. The Morgan fingerprint density at radius 1 is 0.895 bits per heavy atom. The van der Waals surface area contributed by atoms with Gasteiger partial charge in [0.1, 0.15) is 18.4 Å². The Bertz CT molecular complexity index is 753. The number of hydrogen-bond donors (Lipinski definition) is 2. The normalized spacial score (nSPS) is 15.6. The van der Waals surface area contributed by atoms with Crippen LogP contribution in [0.2, 0.25) is 0 Å². The van der Waals surface area contributed by atoms with E-state index >= 15 is 0 Å². The molecule has 1 amide bonds. The van der Waals surface area contributed by atoms with E-state index in [9.17, 15) is 24.0 Å². The predicted molar refractivity (Wildman–Crippen MR) is 150 cm³/mol. The van der Waals surface area contributed by atoms with E-state index in [-0.39, 0.29) is 41.8 Å². The van der Waals surface area contributed by atoms with Gasteiger partial charge in [-0.05, 0) is 52.2 Å². The van der Waals surface area contributed by atoms with Crippen molar-refractivity contribution in [1.82, 2.24) is 15.5 Å². The highest BCUT2D eigenvalue weighted by molar-refractivity contribution is 5.91. The fourth-order valence-corrected chi connectivity index (χ4v) is 4.69. The van der Waals surface area contributed by atoms with Crippen molar-refractivity contribution < 1.29 is 28.7 Å². The lowest BCUT2D eigenvalue weighted by atomic mass is 9.90. The number of nitrogens with one attached hydrogen (secondary N) is 2. The van der Waals surface area contributed by atoms with Gasteiger partial charge >= 0.3 is 5.97 Å². The number of carbonyl (C=O) groups is 5. The van der Waals surface area contributed by atoms with Crippen LogP contribution in [0.4, 0.5) is 0 Å². The Kier molecular flexibility index (Phi) is 17.9. The lowest BCUT2D eigenvalue weighted by Gasteiger charge is -2.33. The van der Waals surface area contributed by atoms with Crippen LogP contribution in [0.5, 0.6) is 0 Å². The number of Topliss-reactive ketones (excluding diaryl/α,β-unsaturated/α-hetero) is 2. The molecule has 0 saturated carbocycles. The zero-order valence-electron chi connectivity index (χ0n) is 25.2. The van der Waals surface area contributed by atoms with Crippen molar-refractivity contribution in [1.29, 1.82) is 0 Å². The molecule has 38 heavy (non-hydrogen) atoms. The third-order valence-electron chi connectivity index (χ3n) is 6.81. The van der Waals surface area contributed by atoms with Gasteiger partial charge in [0.25, 0.3) is 0 Å². The summed E-state index contributed by atoms with van der Waals surface area (Å²) in [5.41, 5.74) is 0. The van der Waals surface area contributed by atoms with Crippen molar-refractivity contribution >= 4 is 29.7 Å². The van der Waals surface area contributed by atoms with Crippen molar-refractivity contribution in [2.75, 3.05) is 21.1 Å². The Balaban J connectivity index is 4.81. The van der Waals surface area contributed by atoms with Gasteiger partial charge in [0.15, 0.2) is 11.6 Å². The predicted octanol–water partition coefficient (Wildman–Crippen LogP) is 3.33. The van der Waals surface area contributed by atoms with E-state index < -0.39 is 24.2 Å². The van der Waals surface area contributed by atoms with E-state index in [0.717, 1.165) is 19.1 Å². The van der Waals surface area contributed by atoms with Crippen molar-refractivity contribution in [3.8, 4) is 0 Å². The minimum absolute atomic E-state index is 0.00429. The molecule has 5 unspecified atom stereocenters. The Morgan fingerprint density at radius 2 is 1.45 bits per heavy atom. The second-order valence-electron chi connectivity index (χ2n) is 11.4. The maximum absolute atomic E-state index is 13.1. The van der Waals surface area contributed by atoms with Gasteiger partial charge in [-0.25, -0.2) is 0 Å². The molecule has 0 spiro atoms. The van der Waals surface area contributed by atoms with E-state index in [1.54, 1.807) is 33.0 Å². The largest absolute Gasteiger partial charge is 0.460 e. The van der Waals surface area contributed by atoms with Gasteiger partial charge in [0.05, 0.1) is 12.1 Å². The molecule has 0 fully saturated rings. The first-order chi connectivity index (χ1) is 17.8. The number of amides is 1. The van der Waals surface area contributed by atoms with Gasteiger partial charge < -0.3 is 20.2 Å². The van der Waals surface area contributed by atoms with E-state index in [1.807, 2.05) is 13.8 Å². The van der Waals surface area contributed by atoms with E-state index in [1.165, 1.54) is 6.92 Å². The third-order valence-corrected chi connectivity index (χ3v) is 6.81. The van der Waals surface area contributed by atoms with Crippen LogP contribution in [0.15, 0.2) is 0 Å². The summed E-state index contributed by atoms with van der Waals surface area (Å²) in [6, 6.07) is -1.46. The Morgan fingerprint density at radius 3 is 1.87 bits per heavy atom. The minimum Gasteiger partial charge on any atom is -0.460 e. The Labute approximate surface area is 230 Å². The summed E-state index contributed by atoms with van der Waals surface area (Å²) in [5, 5.41) is 5.99. The number of carbonyl (C=O) groups excluding carboxylic acids is 5. The van der Waals surface area contributed by atoms with Gasteiger partial charge in [0.2, 0.25) is 5.91 Å². The fraction of sp³-hybridized carbons (Fsp3) is 0.828. The van der Waals surface area contributed by atoms with Crippen molar-refractivity contribution in [3.63, 3.8) is 0 Å². The number of nitrogens with zero attached hydrogens (tertiary/aromatic N) is 1. The number of rotatable bonds is 21. The Hall–Kier alpha value is -2.13. The summed E-state index contributed by atoms with van der Waals surface area (Å²) in [4.78, 5) is 63.0. The molecule has 0 rings (SSSR count). The molecule has 9 nitrogen and oxygen atoms in total. The lowest BCUT2D eigenvalue weighted by Crippen LogP contribution is -2.51. The SMILES string of the molecule is CNC(CC(C)C)C(=O)NC(C(=O)CCCCCCC(=O)C(C(OC(C)=O)C(C)CC=O)N(C)C)C(C)C. The van der Waals surface area contributed by atoms with Crippen LogP contribution < -0.4 is 10.6 Å². The van der Waals surface area contributed by atoms with Crippen LogP contribution in [0, 0.1) is 17.8 Å². The molecule has 0 bridgehead atoms. The molecule has 9 heteroatoms. The number of likely N-dealkylation sites (N-methyl/N-ethyl adjacent to an activating group) is 2. The summed E-state index contributed by atoms with van der Waals surface area (Å²) in [6.45, 7) is 11.1. The van der Waals surface area contributed by atoms with Crippen molar-refractivity contribution in [3.05, 3.63) is 0 Å². The first-order valence-electron chi connectivity index (χ1n) is 14.1. The molecule has 0 aliphatic rings. The molecular formula is C29H53N3O6. The number of hydrogen-bond acceptors (Lipinski definition) is 8. The standard InChI is InChI=1S/C29H53N3O6/c1-19(2)18-23(30-7)29(37)31-26(20(3)4)24(35)14-12-10-11-13-15-25(36)27(32(8)9)28(38-22(6)34)21(5)16-17-33/h17,19-21,23,26-28,30H,10-16,18H2,1-9H3,(H,31,37). The summed E-state index contributed by atoms with van der Waals surface area (Å²) in [7, 11) is 5.29. The van der Waals surface area contributed by atoms with Crippen LogP contribution in [-0.2, 0) is 28.7 Å². The average molecular weight is 540 g/mol. The molecular weight excluding hydrogens is 486 g/mol. The van der Waals surface area contributed by atoms with Crippen molar-refractivity contribution in [2.45, 2.75) is 117 Å². The second-order valence-corrected chi connectivity index (χ2v) is 11.4. The van der Waals surface area contributed by atoms with E-state index in [4.69, 9.17) is 4.74 Å². The quantitative estimate of drug-likeness (QED) is 0.129. The molecule has 0 aliphatic heterocycles. The van der Waals surface area contributed by atoms with E-state index in [2.05, 4.69) is 24.5 Å². The van der Waals surface area contributed by atoms with Crippen LogP contribution in [0.3, 0.4) is 0 Å². The molecule has 0 saturated heterocycles. The monoisotopic (exact) mass is 539 g/mol. The number of aldehydes is 1. The number of ketones is 2. The maximum Gasteiger partial charge on any atom is 0.302 e. The number of esters is 1.